The lowest BCUT2D eigenvalue weighted by Gasteiger charge is -2.54. The van der Waals surface area contributed by atoms with Gasteiger partial charge in [0.2, 0.25) is 0 Å². The molecule has 2 saturated carbocycles. The molecular weight excluding hydrogens is 268 g/mol. The van der Waals surface area contributed by atoms with Crippen LogP contribution in [0.3, 0.4) is 0 Å². The first-order valence-corrected chi connectivity index (χ1v) is 8.22. The van der Waals surface area contributed by atoms with Crippen molar-refractivity contribution in [2.75, 3.05) is 13.2 Å². The summed E-state index contributed by atoms with van der Waals surface area (Å²) in [7, 11) is 0. The van der Waals surface area contributed by atoms with Crippen LogP contribution in [0.1, 0.15) is 45.4 Å². The van der Waals surface area contributed by atoms with E-state index in [1.165, 1.54) is 5.57 Å². The number of ether oxygens (including phenoxy) is 2. The average molecular weight is 292 g/mol. The Morgan fingerprint density at radius 1 is 1.29 bits per heavy atom. The summed E-state index contributed by atoms with van der Waals surface area (Å²) in [5.74, 6) is 0.0110. The SMILES string of the molecule is C[C@]12CCC3(CC1=CC[C@@H]1C(=O)CC[C@H](O)[C@@H]12)OCCO3. The summed E-state index contributed by atoms with van der Waals surface area (Å²) in [5, 5.41) is 10.5. The van der Waals surface area contributed by atoms with Crippen molar-refractivity contribution in [3.8, 4) is 0 Å². The lowest BCUT2D eigenvalue weighted by molar-refractivity contribution is -0.187. The van der Waals surface area contributed by atoms with Crippen molar-refractivity contribution in [3.05, 3.63) is 11.6 Å². The molecule has 0 aromatic heterocycles. The highest BCUT2D eigenvalue weighted by atomic mass is 16.7. The average Bonchev–Trinajstić information content (AvgIpc) is 2.92. The molecule has 21 heavy (non-hydrogen) atoms. The summed E-state index contributed by atoms with van der Waals surface area (Å²) in [6, 6.07) is 0. The number of allylic oxidation sites excluding steroid dienone is 1. The van der Waals surface area contributed by atoms with Gasteiger partial charge in [0.05, 0.1) is 19.3 Å². The van der Waals surface area contributed by atoms with Crippen molar-refractivity contribution in [1.29, 1.82) is 0 Å². The Bertz CT molecular complexity index is 491. The molecule has 1 spiro atoms. The van der Waals surface area contributed by atoms with Crippen LogP contribution in [-0.2, 0) is 14.3 Å². The molecule has 0 radical (unpaired) electrons. The van der Waals surface area contributed by atoms with Gasteiger partial charge in [-0.15, -0.1) is 0 Å². The van der Waals surface area contributed by atoms with Crippen LogP contribution < -0.4 is 0 Å². The van der Waals surface area contributed by atoms with Crippen LogP contribution in [0, 0.1) is 17.3 Å². The van der Waals surface area contributed by atoms with E-state index in [1.54, 1.807) is 0 Å². The fourth-order valence-corrected chi connectivity index (χ4v) is 5.16. The zero-order chi connectivity index (χ0) is 14.7. The third-order valence-corrected chi connectivity index (χ3v) is 6.33. The number of fused-ring (bicyclic) bond motifs is 3. The van der Waals surface area contributed by atoms with Gasteiger partial charge >= 0.3 is 0 Å². The van der Waals surface area contributed by atoms with E-state index < -0.39 is 5.79 Å². The summed E-state index contributed by atoms with van der Waals surface area (Å²) in [4.78, 5) is 12.3. The zero-order valence-electron chi connectivity index (χ0n) is 12.6. The molecule has 1 saturated heterocycles. The molecule has 1 N–H and O–H groups in total. The topological polar surface area (TPSA) is 55.8 Å². The first kappa shape index (κ1) is 13.9. The Balaban J connectivity index is 1.68. The van der Waals surface area contributed by atoms with E-state index in [2.05, 4.69) is 13.0 Å². The van der Waals surface area contributed by atoms with E-state index in [0.29, 0.717) is 31.8 Å². The number of hydrogen-bond acceptors (Lipinski definition) is 4. The summed E-state index contributed by atoms with van der Waals surface area (Å²) in [5.41, 5.74) is 1.27. The highest BCUT2D eigenvalue weighted by Crippen LogP contribution is 2.58. The Kier molecular flexibility index (Phi) is 3.08. The molecule has 4 rings (SSSR count). The van der Waals surface area contributed by atoms with Crippen LogP contribution in [0.15, 0.2) is 11.6 Å². The van der Waals surface area contributed by atoms with Crippen LogP contribution in [0.4, 0.5) is 0 Å². The Morgan fingerprint density at radius 3 is 2.81 bits per heavy atom. The predicted octanol–water partition coefficient (Wildman–Crippen LogP) is 2.21. The minimum absolute atomic E-state index is 0.0157. The summed E-state index contributed by atoms with van der Waals surface area (Å²) in [6.07, 6.45) is 6.44. The van der Waals surface area contributed by atoms with Gasteiger partial charge in [-0.3, -0.25) is 4.79 Å². The molecule has 0 aromatic rings. The third kappa shape index (κ3) is 1.96. The Hall–Kier alpha value is -0.710. The van der Waals surface area contributed by atoms with Crippen molar-refractivity contribution >= 4 is 5.78 Å². The van der Waals surface area contributed by atoms with Crippen LogP contribution in [0.2, 0.25) is 0 Å². The van der Waals surface area contributed by atoms with Crippen LogP contribution in [-0.4, -0.2) is 36.0 Å². The van der Waals surface area contributed by atoms with E-state index in [1.807, 2.05) is 0 Å². The maximum atomic E-state index is 12.3. The number of carbonyl (C=O) groups is 1. The number of ketones is 1. The van der Waals surface area contributed by atoms with Crippen LogP contribution in [0.25, 0.3) is 0 Å². The fraction of sp³-hybridized carbons (Fsp3) is 0.824. The number of rotatable bonds is 0. The van der Waals surface area contributed by atoms with Gasteiger partial charge in [-0.25, -0.2) is 0 Å². The predicted molar refractivity (Wildman–Crippen MR) is 76.5 cm³/mol. The molecule has 4 atom stereocenters. The lowest BCUT2D eigenvalue weighted by atomic mass is 9.52. The highest BCUT2D eigenvalue weighted by molar-refractivity contribution is 5.83. The standard InChI is InChI=1S/C17H24O4/c1-16-6-7-17(20-8-9-21-17)10-11(16)2-3-12-13(18)4-5-14(19)15(12)16/h2,12,14-15,19H,3-10H2,1H3/t12-,14+,15-,16+/m1/s1. The quantitative estimate of drug-likeness (QED) is 0.696. The number of hydrogen-bond donors (Lipinski definition) is 1. The van der Waals surface area contributed by atoms with Gasteiger partial charge < -0.3 is 14.6 Å². The molecule has 4 aliphatic rings. The number of Topliss-reactive ketones (excluding diaryl/α,β-unsaturated/α-hetero) is 1. The molecule has 4 heteroatoms. The van der Waals surface area contributed by atoms with Gasteiger partial charge in [0.1, 0.15) is 5.78 Å². The number of aliphatic hydroxyl groups excluding tert-OH is 1. The molecule has 1 heterocycles. The van der Waals surface area contributed by atoms with Gasteiger partial charge in [-0.2, -0.15) is 0 Å². The summed E-state index contributed by atoms with van der Waals surface area (Å²) < 4.78 is 11.7. The second-order valence-electron chi connectivity index (χ2n) is 7.37. The molecule has 4 nitrogen and oxygen atoms in total. The second-order valence-corrected chi connectivity index (χ2v) is 7.37. The van der Waals surface area contributed by atoms with Gasteiger partial charge in [0, 0.05) is 31.1 Å². The van der Waals surface area contributed by atoms with Gasteiger partial charge in [0.15, 0.2) is 5.79 Å². The van der Waals surface area contributed by atoms with Gasteiger partial charge in [-0.1, -0.05) is 18.6 Å². The van der Waals surface area contributed by atoms with E-state index in [0.717, 1.165) is 25.7 Å². The molecule has 3 fully saturated rings. The van der Waals surface area contributed by atoms with Crippen molar-refractivity contribution in [3.63, 3.8) is 0 Å². The first-order valence-electron chi connectivity index (χ1n) is 8.22. The molecule has 1 aliphatic heterocycles. The summed E-state index contributed by atoms with van der Waals surface area (Å²) >= 11 is 0. The van der Waals surface area contributed by atoms with Crippen LogP contribution >= 0.6 is 0 Å². The number of carbonyl (C=O) groups excluding carboxylic acids is 1. The first-order chi connectivity index (χ1) is 10.0. The number of aliphatic hydroxyl groups is 1. The largest absolute Gasteiger partial charge is 0.393 e. The molecular formula is C17H24O4. The van der Waals surface area contributed by atoms with Crippen molar-refractivity contribution in [1.82, 2.24) is 0 Å². The molecule has 116 valence electrons. The highest BCUT2D eigenvalue weighted by Gasteiger charge is 2.56. The van der Waals surface area contributed by atoms with E-state index >= 15 is 0 Å². The van der Waals surface area contributed by atoms with Gasteiger partial charge in [0.25, 0.3) is 0 Å². The minimum atomic E-state index is -0.429. The lowest BCUT2D eigenvalue weighted by Crippen LogP contribution is -2.53. The Labute approximate surface area is 125 Å². The van der Waals surface area contributed by atoms with Crippen molar-refractivity contribution < 1.29 is 19.4 Å². The summed E-state index contributed by atoms with van der Waals surface area (Å²) in [6.45, 7) is 3.59. The van der Waals surface area contributed by atoms with Crippen molar-refractivity contribution in [2.24, 2.45) is 17.3 Å². The van der Waals surface area contributed by atoms with E-state index in [-0.39, 0.29) is 23.4 Å². The molecule has 0 amide bonds. The maximum Gasteiger partial charge on any atom is 0.172 e. The molecule has 0 unspecified atom stereocenters. The molecule has 0 aromatic carbocycles. The normalized spacial score (nSPS) is 45.1. The fourth-order valence-electron chi connectivity index (χ4n) is 5.16. The second kappa shape index (κ2) is 4.64. The third-order valence-electron chi connectivity index (χ3n) is 6.33. The van der Waals surface area contributed by atoms with Gasteiger partial charge in [-0.05, 0) is 24.7 Å². The van der Waals surface area contributed by atoms with Crippen molar-refractivity contribution in [2.45, 2.75) is 57.3 Å². The van der Waals surface area contributed by atoms with E-state index in [9.17, 15) is 9.90 Å². The molecule has 3 aliphatic carbocycles. The minimum Gasteiger partial charge on any atom is -0.393 e. The monoisotopic (exact) mass is 292 g/mol. The zero-order valence-corrected chi connectivity index (χ0v) is 12.6. The van der Waals surface area contributed by atoms with E-state index in [4.69, 9.17) is 9.47 Å². The maximum absolute atomic E-state index is 12.3. The molecule has 0 bridgehead atoms. The Morgan fingerprint density at radius 2 is 2.05 bits per heavy atom. The smallest absolute Gasteiger partial charge is 0.172 e. The van der Waals surface area contributed by atoms with Crippen LogP contribution in [0.5, 0.6) is 0 Å².